The van der Waals surface area contributed by atoms with E-state index in [0.29, 0.717) is 0 Å². The Morgan fingerprint density at radius 3 is 2.61 bits per heavy atom. The third kappa shape index (κ3) is 2.91. The van der Waals surface area contributed by atoms with Crippen LogP contribution in [0.3, 0.4) is 0 Å². The summed E-state index contributed by atoms with van der Waals surface area (Å²) in [7, 11) is 0. The van der Waals surface area contributed by atoms with Crippen molar-refractivity contribution in [1.82, 2.24) is 9.55 Å². The van der Waals surface area contributed by atoms with Crippen LogP contribution in [0, 0.1) is 0 Å². The van der Waals surface area contributed by atoms with Gasteiger partial charge in [0.05, 0.1) is 6.07 Å². The standard InChI is InChI=1S/C12H10F2N2O2/c13-12(14)16-8-15-10(6-11(16)17)18-7-9-4-2-1-3-5-9/h1-6,8,12H,7H2. The van der Waals surface area contributed by atoms with Crippen molar-refractivity contribution in [2.75, 3.05) is 0 Å². The molecule has 0 bridgehead atoms. The summed E-state index contributed by atoms with van der Waals surface area (Å²) in [6.07, 6.45) is 0.771. The zero-order valence-corrected chi connectivity index (χ0v) is 9.29. The molecular weight excluding hydrogens is 242 g/mol. The molecule has 1 aromatic carbocycles. The largest absolute Gasteiger partial charge is 0.473 e. The van der Waals surface area contributed by atoms with Crippen molar-refractivity contribution >= 4 is 0 Å². The Labute approximate surface area is 101 Å². The number of hydrogen-bond acceptors (Lipinski definition) is 3. The Bertz CT molecular complexity index is 570. The zero-order chi connectivity index (χ0) is 13.0. The molecule has 0 aliphatic rings. The maximum absolute atomic E-state index is 12.3. The minimum Gasteiger partial charge on any atom is -0.473 e. The molecule has 4 nitrogen and oxygen atoms in total. The van der Waals surface area contributed by atoms with E-state index in [4.69, 9.17) is 4.74 Å². The molecule has 0 aliphatic heterocycles. The summed E-state index contributed by atoms with van der Waals surface area (Å²) >= 11 is 0. The van der Waals surface area contributed by atoms with Crippen LogP contribution in [-0.2, 0) is 6.61 Å². The average molecular weight is 252 g/mol. The van der Waals surface area contributed by atoms with Gasteiger partial charge in [-0.05, 0) is 5.56 Å². The van der Waals surface area contributed by atoms with Crippen molar-refractivity contribution in [2.24, 2.45) is 0 Å². The third-order valence-electron chi connectivity index (χ3n) is 2.25. The zero-order valence-electron chi connectivity index (χ0n) is 9.29. The van der Waals surface area contributed by atoms with Gasteiger partial charge in [0.15, 0.2) is 0 Å². The average Bonchev–Trinajstić information content (AvgIpc) is 2.37. The van der Waals surface area contributed by atoms with Crippen LogP contribution in [0.5, 0.6) is 5.88 Å². The fraction of sp³-hybridized carbons (Fsp3) is 0.167. The van der Waals surface area contributed by atoms with E-state index < -0.39 is 12.1 Å². The molecule has 0 unspecified atom stereocenters. The Kier molecular flexibility index (Phi) is 3.66. The molecule has 1 aromatic heterocycles. The van der Waals surface area contributed by atoms with Gasteiger partial charge < -0.3 is 4.74 Å². The van der Waals surface area contributed by atoms with Crippen molar-refractivity contribution in [2.45, 2.75) is 13.2 Å². The quantitative estimate of drug-likeness (QED) is 0.838. The fourth-order valence-corrected chi connectivity index (χ4v) is 1.35. The van der Waals surface area contributed by atoms with Crippen LogP contribution in [0.4, 0.5) is 8.78 Å². The van der Waals surface area contributed by atoms with Crippen LogP contribution in [0.25, 0.3) is 0 Å². The Morgan fingerprint density at radius 2 is 2.00 bits per heavy atom. The van der Waals surface area contributed by atoms with E-state index in [9.17, 15) is 13.6 Å². The number of nitrogens with zero attached hydrogens (tertiary/aromatic N) is 2. The Balaban J connectivity index is 2.07. The number of benzene rings is 1. The van der Waals surface area contributed by atoms with E-state index in [1.165, 1.54) is 0 Å². The second kappa shape index (κ2) is 5.39. The fourth-order valence-electron chi connectivity index (χ4n) is 1.35. The van der Waals surface area contributed by atoms with E-state index >= 15 is 0 Å². The molecular formula is C12H10F2N2O2. The summed E-state index contributed by atoms with van der Waals surface area (Å²) in [5, 5.41) is 0. The van der Waals surface area contributed by atoms with E-state index in [-0.39, 0.29) is 17.1 Å². The van der Waals surface area contributed by atoms with Gasteiger partial charge in [0.1, 0.15) is 12.9 Å². The highest BCUT2D eigenvalue weighted by molar-refractivity contribution is 5.15. The first-order valence-electron chi connectivity index (χ1n) is 5.20. The lowest BCUT2D eigenvalue weighted by Gasteiger charge is -2.06. The molecule has 94 valence electrons. The molecule has 6 heteroatoms. The molecule has 0 atom stereocenters. The van der Waals surface area contributed by atoms with Crippen LogP contribution in [-0.4, -0.2) is 9.55 Å². The van der Waals surface area contributed by atoms with E-state index in [2.05, 4.69) is 4.98 Å². The molecule has 18 heavy (non-hydrogen) atoms. The van der Waals surface area contributed by atoms with Gasteiger partial charge in [0, 0.05) is 0 Å². The summed E-state index contributed by atoms with van der Waals surface area (Å²) in [5.41, 5.74) is 0.0559. The second-order valence-electron chi connectivity index (χ2n) is 3.52. The lowest BCUT2D eigenvalue weighted by Crippen LogP contribution is -2.20. The molecule has 0 saturated heterocycles. The van der Waals surface area contributed by atoms with Gasteiger partial charge in [-0.1, -0.05) is 30.3 Å². The minimum atomic E-state index is -2.90. The van der Waals surface area contributed by atoms with Gasteiger partial charge in [-0.3, -0.25) is 4.79 Å². The molecule has 0 saturated carbocycles. The molecule has 0 N–H and O–H groups in total. The summed E-state index contributed by atoms with van der Waals surface area (Å²) in [5.74, 6) is 0.0285. The highest BCUT2D eigenvalue weighted by Crippen LogP contribution is 2.09. The maximum atomic E-state index is 12.3. The molecule has 0 aliphatic carbocycles. The Morgan fingerprint density at radius 1 is 1.28 bits per heavy atom. The molecule has 0 amide bonds. The number of ether oxygens (including phenoxy) is 1. The van der Waals surface area contributed by atoms with Crippen molar-refractivity contribution in [3.05, 3.63) is 58.6 Å². The molecule has 0 spiro atoms. The van der Waals surface area contributed by atoms with Crippen molar-refractivity contribution in [1.29, 1.82) is 0 Å². The predicted molar refractivity (Wildman–Crippen MR) is 60.5 cm³/mol. The second-order valence-corrected chi connectivity index (χ2v) is 3.52. The SMILES string of the molecule is O=c1cc(OCc2ccccc2)ncn1C(F)F. The molecule has 0 radical (unpaired) electrons. The van der Waals surface area contributed by atoms with Crippen molar-refractivity contribution in [3.63, 3.8) is 0 Å². The van der Waals surface area contributed by atoms with Crippen LogP contribution in [0.1, 0.15) is 12.1 Å². The van der Waals surface area contributed by atoms with Crippen molar-refractivity contribution in [3.8, 4) is 5.88 Å². The highest BCUT2D eigenvalue weighted by Gasteiger charge is 2.09. The predicted octanol–water partition coefficient (Wildman–Crippen LogP) is 2.22. The first-order valence-corrected chi connectivity index (χ1v) is 5.20. The van der Waals surface area contributed by atoms with Crippen LogP contribution < -0.4 is 10.3 Å². The lowest BCUT2D eigenvalue weighted by atomic mass is 10.2. The molecule has 2 rings (SSSR count). The number of halogens is 2. The third-order valence-corrected chi connectivity index (χ3v) is 2.25. The molecule has 0 fully saturated rings. The minimum absolute atomic E-state index is 0.0285. The van der Waals surface area contributed by atoms with E-state index in [1.807, 2.05) is 30.3 Å². The summed E-state index contributed by atoms with van der Waals surface area (Å²) in [4.78, 5) is 14.9. The van der Waals surface area contributed by atoms with Gasteiger partial charge in [0.2, 0.25) is 5.88 Å². The van der Waals surface area contributed by atoms with E-state index in [1.54, 1.807) is 0 Å². The first-order chi connectivity index (χ1) is 8.66. The smallest absolute Gasteiger partial charge is 0.322 e. The number of aromatic nitrogens is 2. The number of alkyl halides is 2. The van der Waals surface area contributed by atoms with Crippen LogP contribution in [0.15, 0.2) is 47.5 Å². The summed E-state index contributed by atoms with van der Waals surface area (Å²) in [6.45, 7) is -2.67. The molecule has 2 aromatic rings. The highest BCUT2D eigenvalue weighted by atomic mass is 19.3. The summed E-state index contributed by atoms with van der Waals surface area (Å²) < 4.78 is 30.1. The van der Waals surface area contributed by atoms with Crippen LogP contribution in [0.2, 0.25) is 0 Å². The van der Waals surface area contributed by atoms with Gasteiger partial charge >= 0.3 is 6.55 Å². The van der Waals surface area contributed by atoms with Gasteiger partial charge in [-0.25, -0.2) is 9.55 Å². The van der Waals surface area contributed by atoms with Crippen molar-refractivity contribution < 1.29 is 13.5 Å². The monoisotopic (exact) mass is 252 g/mol. The molecule has 1 heterocycles. The van der Waals surface area contributed by atoms with Gasteiger partial charge in [0.25, 0.3) is 5.56 Å². The number of hydrogen-bond donors (Lipinski definition) is 0. The normalized spacial score (nSPS) is 10.6. The topological polar surface area (TPSA) is 44.1 Å². The Hall–Kier alpha value is -2.24. The lowest BCUT2D eigenvalue weighted by molar-refractivity contribution is 0.0646. The summed E-state index contributed by atoms with van der Waals surface area (Å²) in [6, 6.07) is 10.2. The number of rotatable bonds is 4. The van der Waals surface area contributed by atoms with Crippen LogP contribution >= 0.6 is 0 Å². The van der Waals surface area contributed by atoms with Gasteiger partial charge in [-0.15, -0.1) is 0 Å². The van der Waals surface area contributed by atoms with Gasteiger partial charge in [-0.2, -0.15) is 8.78 Å². The first kappa shape index (κ1) is 12.2. The maximum Gasteiger partial charge on any atom is 0.322 e. The van der Waals surface area contributed by atoms with E-state index in [0.717, 1.165) is 18.0 Å².